The maximum Gasteiger partial charge on any atom is 0.200 e. The van der Waals surface area contributed by atoms with Crippen molar-refractivity contribution in [2.75, 3.05) is 0 Å². The van der Waals surface area contributed by atoms with Gasteiger partial charge in [-0.05, 0) is 18.2 Å². The number of carbonyl (C=O) groups excluding carboxylic acids is 2. The Bertz CT molecular complexity index is 1230. The molecule has 0 bridgehead atoms. The van der Waals surface area contributed by atoms with Crippen molar-refractivity contribution in [2.24, 2.45) is 0 Å². The second-order valence-corrected chi connectivity index (χ2v) is 6.35. The Morgan fingerprint density at radius 1 is 0.750 bits per heavy atom. The van der Waals surface area contributed by atoms with Crippen LogP contribution in [0.3, 0.4) is 0 Å². The number of carbonyl (C=O) groups is 2. The van der Waals surface area contributed by atoms with Gasteiger partial charge in [0.05, 0.1) is 16.7 Å². The minimum atomic E-state index is -0.932. The molecule has 4 nitrogen and oxygen atoms in total. The van der Waals surface area contributed by atoms with Gasteiger partial charge in [0.2, 0.25) is 11.6 Å². The summed E-state index contributed by atoms with van der Waals surface area (Å²) in [5.74, 6) is -2.81. The molecule has 0 unspecified atom stereocenters. The largest absolute Gasteiger partial charge is 0.453 e. The lowest BCUT2D eigenvalue weighted by molar-refractivity contribution is 0.0988. The Morgan fingerprint density at radius 2 is 1.36 bits per heavy atom. The highest BCUT2D eigenvalue weighted by atomic mass is 19.1. The molecule has 0 fully saturated rings. The highest BCUT2D eigenvalue weighted by Crippen LogP contribution is 2.34. The first kappa shape index (κ1) is 16.4. The molecule has 136 valence electrons. The predicted octanol–water partition coefficient (Wildman–Crippen LogP) is 5.43. The molecular weight excluding hydrogens is 366 g/mol. The third-order valence-electron chi connectivity index (χ3n) is 4.62. The Balaban J connectivity index is 1.55. The first-order valence-electron chi connectivity index (χ1n) is 8.41. The Hall–Kier alpha value is -3.80. The summed E-state index contributed by atoms with van der Waals surface area (Å²) in [7, 11) is 0. The van der Waals surface area contributed by atoms with E-state index in [0.717, 1.165) is 17.7 Å². The average Bonchev–Trinajstić information content (AvgIpc) is 3.32. The number of rotatable bonds is 2. The molecule has 0 saturated heterocycles. The fourth-order valence-electron chi connectivity index (χ4n) is 3.31. The van der Waals surface area contributed by atoms with Gasteiger partial charge in [0.25, 0.3) is 0 Å². The van der Waals surface area contributed by atoms with Gasteiger partial charge in [-0.25, -0.2) is 8.78 Å². The predicted molar refractivity (Wildman–Crippen MR) is 96.9 cm³/mol. The lowest BCUT2D eigenvalue weighted by Crippen LogP contribution is -2.00. The van der Waals surface area contributed by atoms with Gasteiger partial charge < -0.3 is 8.83 Å². The van der Waals surface area contributed by atoms with E-state index >= 15 is 0 Å². The molecule has 2 aromatic carbocycles. The summed E-state index contributed by atoms with van der Waals surface area (Å²) in [6.07, 6.45) is 1.18. The molecule has 0 N–H and O–H groups in total. The van der Waals surface area contributed by atoms with Crippen LogP contribution in [0, 0.1) is 11.6 Å². The van der Waals surface area contributed by atoms with Crippen LogP contribution in [0.1, 0.15) is 26.5 Å². The number of furan rings is 2. The number of allylic oxidation sites excluding steroid dienone is 1. The lowest BCUT2D eigenvalue weighted by Gasteiger charge is -1.97. The molecule has 0 atom stereocenters. The van der Waals surface area contributed by atoms with Crippen LogP contribution in [0.4, 0.5) is 8.78 Å². The van der Waals surface area contributed by atoms with E-state index in [9.17, 15) is 18.4 Å². The van der Waals surface area contributed by atoms with Crippen LogP contribution in [0.25, 0.3) is 28.6 Å². The Morgan fingerprint density at radius 3 is 1.96 bits per heavy atom. The lowest BCUT2D eigenvalue weighted by atomic mass is 10.1. The number of fused-ring (bicyclic) bond motifs is 2. The first-order chi connectivity index (χ1) is 13.5. The quantitative estimate of drug-likeness (QED) is 0.346. The fourth-order valence-corrected chi connectivity index (χ4v) is 3.31. The molecule has 0 radical (unpaired) electrons. The SMILES string of the molecule is O=C1C(=Cc2cc3oc(-c4ccccc4)cc3o2)C(=O)c2c(F)ccc(F)c21. The average molecular weight is 376 g/mol. The Labute approximate surface area is 156 Å². The third-order valence-corrected chi connectivity index (χ3v) is 4.62. The number of hydrogen-bond acceptors (Lipinski definition) is 4. The summed E-state index contributed by atoms with van der Waals surface area (Å²) < 4.78 is 39.2. The van der Waals surface area contributed by atoms with Crippen molar-refractivity contribution in [2.45, 2.75) is 0 Å². The first-order valence-corrected chi connectivity index (χ1v) is 8.41. The van der Waals surface area contributed by atoms with Gasteiger partial charge in [-0.1, -0.05) is 30.3 Å². The van der Waals surface area contributed by atoms with Gasteiger partial charge in [-0.15, -0.1) is 0 Å². The molecule has 1 aliphatic rings. The zero-order chi connectivity index (χ0) is 19.4. The Kier molecular flexibility index (Phi) is 3.42. The molecule has 1 aliphatic carbocycles. The minimum absolute atomic E-state index is 0.179. The molecule has 6 heteroatoms. The molecule has 0 saturated carbocycles. The van der Waals surface area contributed by atoms with Gasteiger partial charge in [0.1, 0.15) is 23.2 Å². The molecule has 0 amide bonds. The number of ketones is 2. The van der Waals surface area contributed by atoms with Crippen LogP contribution >= 0.6 is 0 Å². The van der Waals surface area contributed by atoms with Crippen LogP contribution in [0.2, 0.25) is 0 Å². The molecule has 0 aliphatic heterocycles. The maximum atomic E-state index is 13.9. The van der Waals surface area contributed by atoms with Gasteiger partial charge in [-0.2, -0.15) is 0 Å². The molecular formula is C22H10F2O4. The molecule has 5 rings (SSSR count). The van der Waals surface area contributed by atoms with Crippen molar-refractivity contribution in [3.63, 3.8) is 0 Å². The summed E-state index contributed by atoms with van der Waals surface area (Å²) in [6.45, 7) is 0. The van der Waals surface area contributed by atoms with Crippen LogP contribution in [-0.2, 0) is 0 Å². The van der Waals surface area contributed by atoms with Crippen LogP contribution in [-0.4, -0.2) is 11.6 Å². The van der Waals surface area contributed by atoms with E-state index in [1.165, 1.54) is 12.1 Å². The minimum Gasteiger partial charge on any atom is -0.453 e. The monoisotopic (exact) mass is 376 g/mol. The van der Waals surface area contributed by atoms with Gasteiger partial charge >= 0.3 is 0 Å². The van der Waals surface area contributed by atoms with E-state index in [2.05, 4.69) is 0 Å². The van der Waals surface area contributed by atoms with E-state index in [1.807, 2.05) is 30.3 Å². The van der Waals surface area contributed by atoms with Crippen molar-refractivity contribution >= 4 is 28.8 Å². The highest BCUT2D eigenvalue weighted by Gasteiger charge is 2.38. The van der Waals surface area contributed by atoms with E-state index in [4.69, 9.17) is 8.83 Å². The van der Waals surface area contributed by atoms with Crippen LogP contribution < -0.4 is 0 Å². The van der Waals surface area contributed by atoms with Crippen LogP contribution in [0.5, 0.6) is 0 Å². The van der Waals surface area contributed by atoms with Gasteiger partial charge in [-0.3, -0.25) is 9.59 Å². The summed E-state index contributed by atoms with van der Waals surface area (Å²) in [4.78, 5) is 24.8. The van der Waals surface area contributed by atoms with Crippen molar-refractivity contribution in [3.05, 3.63) is 88.7 Å². The van der Waals surface area contributed by atoms with E-state index < -0.39 is 34.3 Å². The maximum absolute atomic E-state index is 13.9. The zero-order valence-electron chi connectivity index (χ0n) is 14.2. The third kappa shape index (κ3) is 2.35. The molecule has 4 aromatic rings. The van der Waals surface area contributed by atoms with Gasteiger partial charge in [0, 0.05) is 17.7 Å². The standard InChI is InChI=1S/C22H10F2O4/c23-14-6-7-15(24)20-19(14)21(25)13(22(20)26)8-12-9-17-18(27-12)10-16(28-17)11-4-2-1-3-5-11/h1-10H. The fraction of sp³-hybridized carbons (Fsp3) is 0. The van der Waals surface area contributed by atoms with E-state index in [0.29, 0.717) is 16.9 Å². The number of Topliss-reactive ketones (excluding diaryl/α,β-unsaturated/α-hetero) is 2. The van der Waals surface area contributed by atoms with Crippen molar-refractivity contribution in [1.29, 1.82) is 0 Å². The van der Waals surface area contributed by atoms with Crippen molar-refractivity contribution in [1.82, 2.24) is 0 Å². The second-order valence-electron chi connectivity index (χ2n) is 6.35. The summed E-state index contributed by atoms with van der Waals surface area (Å²) >= 11 is 0. The smallest absolute Gasteiger partial charge is 0.200 e. The summed E-state index contributed by atoms with van der Waals surface area (Å²) in [5, 5.41) is 0. The number of hydrogen-bond donors (Lipinski definition) is 0. The topological polar surface area (TPSA) is 60.4 Å². The van der Waals surface area contributed by atoms with Crippen molar-refractivity contribution in [3.8, 4) is 11.3 Å². The number of benzene rings is 2. The normalized spacial score (nSPS) is 13.4. The molecule has 28 heavy (non-hydrogen) atoms. The van der Waals surface area contributed by atoms with E-state index in [1.54, 1.807) is 6.07 Å². The van der Waals surface area contributed by atoms with E-state index in [-0.39, 0.29) is 11.3 Å². The highest BCUT2D eigenvalue weighted by molar-refractivity contribution is 6.41. The zero-order valence-corrected chi connectivity index (χ0v) is 14.2. The summed E-state index contributed by atoms with van der Waals surface area (Å²) in [6, 6.07) is 14.3. The molecule has 2 heterocycles. The van der Waals surface area contributed by atoms with Crippen molar-refractivity contribution < 1.29 is 27.2 Å². The van der Waals surface area contributed by atoms with Crippen LogP contribution in [0.15, 0.2) is 69.0 Å². The second kappa shape index (κ2) is 5.85. The summed E-state index contributed by atoms with van der Waals surface area (Å²) in [5.41, 5.74) is 0.294. The van der Waals surface area contributed by atoms with Gasteiger partial charge in [0.15, 0.2) is 11.2 Å². The molecule has 2 aromatic heterocycles. The molecule has 0 spiro atoms. The number of halogens is 2.